The van der Waals surface area contributed by atoms with E-state index < -0.39 is 0 Å². The Kier molecular flexibility index (Phi) is 5.86. The molecule has 0 aromatic heterocycles. The van der Waals surface area contributed by atoms with E-state index in [1.807, 2.05) is 13.0 Å². The molecular weight excluding hydrogens is 248 g/mol. The Bertz CT molecular complexity index is 408. The average molecular weight is 276 g/mol. The summed E-state index contributed by atoms with van der Waals surface area (Å²) in [6.45, 7) is 8.03. The van der Waals surface area contributed by atoms with E-state index in [9.17, 15) is 0 Å². The molecule has 1 aromatic carbocycles. The van der Waals surface area contributed by atoms with Crippen molar-refractivity contribution in [3.8, 4) is 5.75 Å². The van der Waals surface area contributed by atoms with E-state index in [1.165, 1.54) is 31.4 Å². The predicted octanol–water partition coefficient (Wildman–Crippen LogP) is 3.21. The summed E-state index contributed by atoms with van der Waals surface area (Å²) in [4.78, 5) is 2.56. The van der Waals surface area contributed by atoms with Gasteiger partial charge in [-0.15, -0.1) is 0 Å². The fourth-order valence-corrected chi connectivity index (χ4v) is 3.19. The van der Waals surface area contributed by atoms with Crippen molar-refractivity contribution in [1.29, 1.82) is 0 Å². The first kappa shape index (κ1) is 15.3. The van der Waals surface area contributed by atoms with Gasteiger partial charge < -0.3 is 10.5 Å². The zero-order chi connectivity index (χ0) is 14.4. The van der Waals surface area contributed by atoms with E-state index in [1.54, 1.807) is 0 Å². The van der Waals surface area contributed by atoms with Crippen LogP contribution >= 0.6 is 0 Å². The Morgan fingerprint density at radius 1 is 1.40 bits per heavy atom. The van der Waals surface area contributed by atoms with Crippen LogP contribution in [0.25, 0.3) is 0 Å². The number of nitrogens with zero attached hydrogens (tertiary/aromatic N) is 1. The molecule has 2 N–H and O–H groups in total. The molecule has 3 nitrogen and oxygen atoms in total. The first-order valence-electron chi connectivity index (χ1n) is 7.95. The molecule has 112 valence electrons. The third-order valence-corrected chi connectivity index (χ3v) is 4.35. The minimum Gasteiger partial charge on any atom is -0.494 e. The van der Waals surface area contributed by atoms with Crippen molar-refractivity contribution in [2.75, 3.05) is 26.2 Å². The van der Waals surface area contributed by atoms with Crippen molar-refractivity contribution < 1.29 is 4.74 Å². The summed E-state index contributed by atoms with van der Waals surface area (Å²) in [6, 6.07) is 8.74. The van der Waals surface area contributed by atoms with Crippen LogP contribution in [0.5, 0.6) is 5.75 Å². The van der Waals surface area contributed by atoms with Crippen LogP contribution in [0.1, 0.15) is 44.7 Å². The van der Waals surface area contributed by atoms with Gasteiger partial charge in [0.1, 0.15) is 5.75 Å². The van der Waals surface area contributed by atoms with Crippen molar-refractivity contribution in [2.45, 2.75) is 39.2 Å². The van der Waals surface area contributed by atoms with Gasteiger partial charge in [0.05, 0.1) is 6.61 Å². The molecule has 3 heteroatoms. The third kappa shape index (κ3) is 3.74. The number of hydrogen-bond acceptors (Lipinski definition) is 3. The topological polar surface area (TPSA) is 38.5 Å². The summed E-state index contributed by atoms with van der Waals surface area (Å²) in [5.41, 5.74) is 7.35. The highest BCUT2D eigenvalue weighted by Gasteiger charge is 2.25. The second-order valence-corrected chi connectivity index (χ2v) is 5.67. The summed E-state index contributed by atoms with van der Waals surface area (Å²) >= 11 is 0. The largest absolute Gasteiger partial charge is 0.494 e. The molecule has 1 fully saturated rings. The number of nitrogens with two attached hydrogens (primary N) is 1. The van der Waals surface area contributed by atoms with Crippen molar-refractivity contribution in [1.82, 2.24) is 4.90 Å². The molecule has 1 saturated heterocycles. The van der Waals surface area contributed by atoms with Crippen LogP contribution in [-0.4, -0.2) is 31.1 Å². The first-order valence-corrected chi connectivity index (χ1v) is 7.95. The third-order valence-electron chi connectivity index (χ3n) is 4.35. The molecule has 1 aromatic rings. The Morgan fingerprint density at radius 3 is 2.95 bits per heavy atom. The zero-order valence-electron chi connectivity index (χ0n) is 12.8. The van der Waals surface area contributed by atoms with Gasteiger partial charge in [0.2, 0.25) is 0 Å². The summed E-state index contributed by atoms with van der Waals surface area (Å²) < 4.78 is 5.61. The summed E-state index contributed by atoms with van der Waals surface area (Å²) in [5.74, 6) is 1.78. The van der Waals surface area contributed by atoms with Crippen LogP contribution in [0.3, 0.4) is 0 Å². The molecule has 0 saturated carbocycles. The lowest BCUT2D eigenvalue weighted by Crippen LogP contribution is -2.40. The molecule has 0 amide bonds. The Morgan fingerprint density at radius 2 is 2.25 bits per heavy atom. The van der Waals surface area contributed by atoms with Crippen molar-refractivity contribution in [3.63, 3.8) is 0 Å². The Balaban J connectivity index is 2.12. The smallest absolute Gasteiger partial charge is 0.119 e. The predicted molar refractivity (Wildman–Crippen MR) is 84.0 cm³/mol. The van der Waals surface area contributed by atoms with Gasteiger partial charge in [-0.1, -0.05) is 25.5 Å². The number of ether oxygens (including phenoxy) is 1. The zero-order valence-corrected chi connectivity index (χ0v) is 12.8. The molecule has 2 atom stereocenters. The van der Waals surface area contributed by atoms with Crippen molar-refractivity contribution in [2.24, 2.45) is 11.7 Å². The highest BCUT2D eigenvalue weighted by molar-refractivity contribution is 5.31. The van der Waals surface area contributed by atoms with Gasteiger partial charge >= 0.3 is 0 Å². The van der Waals surface area contributed by atoms with E-state index in [0.29, 0.717) is 19.2 Å². The molecule has 0 bridgehead atoms. The summed E-state index contributed by atoms with van der Waals surface area (Å²) in [6.07, 6.45) is 3.93. The second-order valence-electron chi connectivity index (χ2n) is 5.67. The molecule has 20 heavy (non-hydrogen) atoms. The van der Waals surface area contributed by atoms with Crippen LogP contribution in [0.4, 0.5) is 0 Å². The van der Waals surface area contributed by atoms with Gasteiger partial charge in [-0.2, -0.15) is 0 Å². The van der Waals surface area contributed by atoms with E-state index in [-0.39, 0.29) is 0 Å². The number of hydrogen-bond donors (Lipinski definition) is 1. The van der Waals surface area contributed by atoms with Gasteiger partial charge in [0, 0.05) is 19.1 Å². The lowest BCUT2D eigenvalue weighted by Gasteiger charge is -2.38. The summed E-state index contributed by atoms with van der Waals surface area (Å²) in [7, 11) is 0. The number of rotatable bonds is 6. The molecule has 0 radical (unpaired) electrons. The Hall–Kier alpha value is -1.06. The van der Waals surface area contributed by atoms with E-state index in [4.69, 9.17) is 10.5 Å². The van der Waals surface area contributed by atoms with Crippen LogP contribution in [0, 0.1) is 5.92 Å². The minimum absolute atomic E-state index is 0.324. The lowest BCUT2D eigenvalue weighted by atomic mass is 9.93. The lowest BCUT2D eigenvalue weighted by molar-refractivity contribution is 0.124. The quantitative estimate of drug-likeness (QED) is 0.867. The average Bonchev–Trinajstić information content (AvgIpc) is 2.49. The highest BCUT2D eigenvalue weighted by atomic mass is 16.5. The van der Waals surface area contributed by atoms with Crippen molar-refractivity contribution >= 4 is 0 Å². The van der Waals surface area contributed by atoms with Gasteiger partial charge in [-0.05, 0) is 49.9 Å². The monoisotopic (exact) mass is 276 g/mol. The van der Waals surface area contributed by atoms with E-state index in [0.717, 1.165) is 18.2 Å². The second kappa shape index (κ2) is 7.65. The van der Waals surface area contributed by atoms with E-state index >= 15 is 0 Å². The molecule has 1 heterocycles. The summed E-state index contributed by atoms with van der Waals surface area (Å²) in [5, 5.41) is 0. The maximum Gasteiger partial charge on any atom is 0.119 e. The van der Waals surface area contributed by atoms with E-state index in [2.05, 4.69) is 30.0 Å². The molecule has 2 unspecified atom stereocenters. The van der Waals surface area contributed by atoms with Crippen LogP contribution in [-0.2, 0) is 0 Å². The SMILES string of the molecule is CCOc1cccc(C(CN)N2CCCC(CC)C2)c1. The number of benzene rings is 1. The van der Waals surface area contributed by atoms with Crippen LogP contribution < -0.4 is 10.5 Å². The fourth-order valence-electron chi connectivity index (χ4n) is 3.19. The van der Waals surface area contributed by atoms with Crippen LogP contribution in [0.2, 0.25) is 0 Å². The number of piperidine rings is 1. The maximum absolute atomic E-state index is 6.06. The molecular formula is C17H28N2O. The molecule has 1 aliphatic heterocycles. The highest BCUT2D eigenvalue weighted by Crippen LogP contribution is 2.29. The molecule has 1 aliphatic rings. The van der Waals surface area contributed by atoms with Gasteiger partial charge in [-0.3, -0.25) is 4.90 Å². The van der Waals surface area contributed by atoms with Gasteiger partial charge in [-0.25, -0.2) is 0 Å². The fraction of sp³-hybridized carbons (Fsp3) is 0.647. The maximum atomic E-state index is 6.06. The minimum atomic E-state index is 0.324. The number of likely N-dealkylation sites (tertiary alicyclic amines) is 1. The molecule has 2 rings (SSSR count). The molecule has 0 spiro atoms. The van der Waals surface area contributed by atoms with Gasteiger partial charge in [0.25, 0.3) is 0 Å². The first-order chi connectivity index (χ1) is 9.78. The van der Waals surface area contributed by atoms with Gasteiger partial charge in [0.15, 0.2) is 0 Å². The normalized spacial score (nSPS) is 21.6. The van der Waals surface area contributed by atoms with Crippen molar-refractivity contribution in [3.05, 3.63) is 29.8 Å². The standard InChI is InChI=1S/C17H28N2O/c1-3-14-7-6-10-19(13-14)17(12-18)15-8-5-9-16(11-15)20-4-2/h5,8-9,11,14,17H,3-4,6-7,10,12-13,18H2,1-2H3. The Labute approximate surface area is 123 Å². The molecule has 0 aliphatic carbocycles. The van der Waals surface area contributed by atoms with Crippen LogP contribution in [0.15, 0.2) is 24.3 Å².